The number of amides is 1. The van der Waals surface area contributed by atoms with Crippen molar-refractivity contribution in [1.29, 1.82) is 0 Å². The summed E-state index contributed by atoms with van der Waals surface area (Å²) in [7, 11) is 3.00. The molecule has 10 heteroatoms. The molecule has 0 aliphatic heterocycles. The molecule has 0 unspecified atom stereocenters. The molecule has 0 fully saturated rings. The van der Waals surface area contributed by atoms with E-state index in [-0.39, 0.29) is 10.8 Å². The highest BCUT2D eigenvalue weighted by Gasteiger charge is 2.23. The van der Waals surface area contributed by atoms with Gasteiger partial charge in [-0.1, -0.05) is 6.92 Å². The summed E-state index contributed by atoms with van der Waals surface area (Å²) in [5, 5.41) is 10.7. The minimum Gasteiger partial charge on any atom is -0.465 e. The van der Waals surface area contributed by atoms with Crippen LogP contribution in [0.3, 0.4) is 0 Å². The van der Waals surface area contributed by atoms with Crippen LogP contribution in [0.15, 0.2) is 6.20 Å². The molecule has 0 radical (unpaired) electrons. The number of aryl methyl sites for hydroxylation is 2. The highest BCUT2D eigenvalue weighted by Crippen LogP contribution is 2.34. The van der Waals surface area contributed by atoms with Gasteiger partial charge in [-0.2, -0.15) is 5.10 Å². The van der Waals surface area contributed by atoms with Gasteiger partial charge < -0.3 is 21.1 Å². The molecule has 0 aromatic carbocycles. The lowest BCUT2D eigenvalue weighted by Crippen LogP contribution is -2.22. The molecule has 0 atom stereocenters. The first kappa shape index (κ1) is 18.9. The number of ether oxygens (including phenoxy) is 1. The molecule has 1 amide bonds. The predicted octanol–water partition coefficient (Wildman–Crippen LogP) is 2.05. The molecule has 2 heterocycles. The Kier molecular flexibility index (Phi) is 5.75. The molecule has 0 aliphatic rings. The standard InChI is InChI=1S/C15H19N5O3S2/c1-5-8-7(2)25-13(10(8)14(22)23-4)18-15(24)17-9-6-20(3)19-11(9)12(16)21/h6H,5H2,1-4H3,(H2,16,21)(H2,17,18,24). The quantitative estimate of drug-likeness (QED) is 0.537. The van der Waals surface area contributed by atoms with E-state index < -0.39 is 11.9 Å². The summed E-state index contributed by atoms with van der Waals surface area (Å²) in [6.07, 6.45) is 2.29. The van der Waals surface area contributed by atoms with Crippen LogP contribution in [-0.4, -0.2) is 33.9 Å². The zero-order valence-corrected chi connectivity index (χ0v) is 15.9. The number of nitrogens with zero attached hydrogens (tertiary/aromatic N) is 2. The van der Waals surface area contributed by atoms with Gasteiger partial charge in [0.2, 0.25) is 0 Å². The number of thiophene rings is 1. The van der Waals surface area contributed by atoms with Crippen molar-refractivity contribution < 1.29 is 14.3 Å². The Balaban J connectivity index is 2.27. The minimum atomic E-state index is -0.665. The Morgan fingerprint density at radius 3 is 2.68 bits per heavy atom. The van der Waals surface area contributed by atoms with Gasteiger partial charge in [0.1, 0.15) is 5.00 Å². The van der Waals surface area contributed by atoms with E-state index >= 15 is 0 Å². The number of hydrogen-bond donors (Lipinski definition) is 3. The Bertz CT molecular complexity index is 841. The molecule has 0 aliphatic carbocycles. The van der Waals surface area contributed by atoms with Crippen LogP contribution in [0.5, 0.6) is 0 Å². The van der Waals surface area contributed by atoms with E-state index in [1.54, 1.807) is 13.2 Å². The average molecular weight is 381 g/mol. The van der Waals surface area contributed by atoms with Crippen LogP contribution in [0.1, 0.15) is 38.2 Å². The van der Waals surface area contributed by atoms with Crippen LogP contribution >= 0.6 is 23.6 Å². The SMILES string of the molecule is CCc1c(C)sc(NC(=S)Nc2cn(C)nc2C(N)=O)c1C(=O)OC. The fourth-order valence-corrected chi connectivity index (χ4v) is 3.84. The van der Waals surface area contributed by atoms with Gasteiger partial charge in [-0.3, -0.25) is 9.48 Å². The van der Waals surface area contributed by atoms with E-state index in [0.29, 0.717) is 22.7 Å². The van der Waals surface area contributed by atoms with Crippen LogP contribution in [0.25, 0.3) is 0 Å². The zero-order chi connectivity index (χ0) is 18.7. The largest absolute Gasteiger partial charge is 0.465 e. The van der Waals surface area contributed by atoms with Crippen molar-refractivity contribution >= 4 is 51.2 Å². The molecule has 0 spiro atoms. The van der Waals surface area contributed by atoms with Crippen molar-refractivity contribution in [3.05, 3.63) is 27.9 Å². The van der Waals surface area contributed by atoms with Gasteiger partial charge >= 0.3 is 5.97 Å². The number of nitrogens with one attached hydrogen (secondary N) is 2. The molecular formula is C15H19N5O3S2. The molecule has 134 valence electrons. The maximum absolute atomic E-state index is 12.1. The Labute approximate surface area is 154 Å². The van der Waals surface area contributed by atoms with Gasteiger partial charge in [0, 0.05) is 18.1 Å². The zero-order valence-electron chi connectivity index (χ0n) is 14.3. The number of carbonyl (C=O) groups excluding carboxylic acids is 2. The molecule has 25 heavy (non-hydrogen) atoms. The van der Waals surface area contributed by atoms with Crippen LogP contribution in [0.2, 0.25) is 0 Å². The lowest BCUT2D eigenvalue weighted by molar-refractivity contribution is 0.0601. The predicted molar refractivity (Wildman–Crippen MR) is 101 cm³/mol. The van der Waals surface area contributed by atoms with E-state index in [4.69, 9.17) is 22.7 Å². The molecule has 2 aromatic heterocycles. The number of primary amides is 1. The summed E-state index contributed by atoms with van der Waals surface area (Å²) < 4.78 is 6.33. The lowest BCUT2D eigenvalue weighted by Gasteiger charge is -2.10. The molecular weight excluding hydrogens is 362 g/mol. The van der Waals surface area contributed by atoms with Gasteiger partial charge in [0.05, 0.1) is 18.4 Å². The van der Waals surface area contributed by atoms with Crippen LogP contribution in [0, 0.1) is 6.92 Å². The molecule has 2 rings (SSSR count). The van der Waals surface area contributed by atoms with Crippen LogP contribution in [-0.2, 0) is 18.2 Å². The van der Waals surface area contributed by atoms with Crippen molar-refractivity contribution in [2.45, 2.75) is 20.3 Å². The number of aromatic nitrogens is 2. The number of anilines is 2. The maximum atomic E-state index is 12.1. The van der Waals surface area contributed by atoms with Crippen molar-refractivity contribution in [3.8, 4) is 0 Å². The first-order chi connectivity index (χ1) is 11.8. The number of methoxy groups -OCH3 is 1. The first-order valence-electron chi connectivity index (χ1n) is 7.40. The monoisotopic (exact) mass is 381 g/mol. The van der Waals surface area contributed by atoms with Gasteiger partial charge in [0.25, 0.3) is 5.91 Å². The fourth-order valence-electron chi connectivity index (χ4n) is 2.43. The Hall–Kier alpha value is -2.46. The summed E-state index contributed by atoms with van der Waals surface area (Å²) >= 11 is 6.70. The van der Waals surface area contributed by atoms with Crippen molar-refractivity contribution in [2.24, 2.45) is 12.8 Å². The van der Waals surface area contributed by atoms with Gasteiger partial charge in [-0.25, -0.2) is 4.79 Å². The van der Waals surface area contributed by atoms with Gasteiger partial charge in [0.15, 0.2) is 10.8 Å². The summed E-state index contributed by atoms with van der Waals surface area (Å²) in [5.74, 6) is -1.09. The summed E-state index contributed by atoms with van der Waals surface area (Å²) in [4.78, 5) is 24.6. The van der Waals surface area contributed by atoms with Crippen molar-refractivity contribution in [2.75, 3.05) is 17.7 Å². The second-order valence-electron chi connectivity index (χ2n) is 5.19. The third-order valence-electron chi connectivity index (χ3n) is 3.49. The molecule has 0 bridgehead atoms. The van der Waals surface area contributed by atoms with Crippen molar-refractivity contribution in [3.63, 3.8) is 0 Å². The summed E-state index contributed by atoms with van der Waals surface area (Å²) in [5.41, 5.74) is 7.16. The summed E-state index contributed by atoms with van der Waals surface area (Å²) in [6.45, 7) is 3.90. The van der Waals surface area contributed by atoms with Crippen molar-refractivity contribution in [1.82, 2.24) is 9.78 Å². The number of thiocarbonyl (C=S) groups is 1. The average Bonchev–Trinajstić information content (AvgIpc) is 3.05. The topological polar surface area (TPSA) is 111 Å². The second-order valence-corrected chi connectivity index (χ2v) is 6.83. The van der Waals surface area contributed by atoms with Crippen LogP contribution in [0.4, 0.5) is 10.7 Å². The lowest BCUT2D eigenvalue weighted by atomic mass is 10.1. The highest BCUT2D eigenvalue weighted by molar-refractivity contribution is 7.80. The number of carbonyl (C=O) groups is 2. The molecule has 4 N–H and O–H groups in total. The number of rotatable bonds is 5. The van der Waals surface area contributed by atoms with Gasteiger partial charge in [-0.15, -0.1) is 11.3 Å². The molecule has 2 aromatic rings. The van der Waals surface area contributed by atoms with E-state index in [9.17, 15) is 9.59 Å². The second kappa shape index (κ2) is 7.62. The van der Waals surface area contributed by atoms with E-state index in [1.807, 2.05) is 13.8 Å². The normalized spacial score (nSPS) is 10.4. The number of hydrogen-bond acceptors (Lipinski definition) is 6. The smallest absolute Gasteiger partial charge is 0.341 e. The van der Waals surface area contributed by atoms with E-state index in [2.05, 4.69) is 15.7 Å². The van der Waals surface area contributed by atoms with Gasteiger partial charge in [-0.05, 0) is 31.1 Å². The molecule has 0 saturated heterocycles. The minimum absolute atomic E-state index is 0.0800. The van der Waals surface area contributed by atoms with E-state index in [1.165, 1.54) is 23.1 Å². The number of nitrogens with two attached hydrogens (primary N) is 1. The molecule has 8 nitrogen and oxygen atoms in total. The molecule has 0 saturated carbocycles. The third-order valence-corrected chi connectivity index (χ3v) is 4.76. The highest BCUT2D eigenvalue weighted by atomic mass is 32.1. The van der Waals surface area contributed by atoms with E-state index in [0.717, 1.165) is 10.4 Å². The van der Waals surface area contributed by atoms with Crippen LogP contribution < -0.4 is 16.4 Å². The third kappa shape index (κ3) is 3.97. The fraction of sp³-hybridized carbons (Fsp3) is 0.333. The first-order valence-corrected chi connectivity index (χ1v) is 8.62. The maximum Gasteiger partial charge on any atom is 0.341 e. The summed E-state index contributed by atoms with van der Waals surface area (Å²) in [6, 6.07) is 0. The number of esters is 1. The Morgan fingerprint density at radius 1 is 1.44 bits per heavy atom. The Morgan fingerprint density at radius 2 is 2.12 bits per heavy atom.